The van der Waals surface area contributed by atoms with Crippen LogP contribution in [-0.4, -0.2) is 18.4 Å². The lowest BCUT2D eigenvalue weighted by atomic mass is 10.0. The summed E-state index contributed by atoms with van der Waals surface area (Å²) in [5.41, 5.74) is 2.09. The van der Waals surface area contributed by atoms with E-state index in [-0.39, 0.29) is 12.0 Å². The molecule has 0 radical (unpaired) electrons. The van der Waals surface area contributed by atoms with Gasteiger partial charge in [-0.15, -0.1) is 0 Å². The number of hydrogen-bond donors (Lipinski definition) is 2. The topological polar surface area (TPSA) is 58.2 Å². The Bertz CT molecular complexity index is 641. The van der Waals surface area contributed by atoms with E-state index in [2.05, 4.69) is 10.6 Å². The van der Waals surface area contributed by atoms with E-state index in [1.54, 1.807) is 0 Å². The van der Waals surface area contributed by atoms with Crippen LogP contribution in [0, 0.1) is 0 Å². The number of benzene rings is 2. The molecule has 0 aliphatic rings. The highest BCUT2D eigenvalue weighted by Crippen LogP contribution is 2.13. The van der Waals surface area contributed by atoms with Gasteiger partial charge in [-0.1, -0.05) is 67.6 Å². The second-order valence-corrected chi connectivity index (χ2v) is 5.63. The monoisotopic (exact) mass is 310 g/mol. The van der Waals surface area contributed by atoms with Gasteiger partial charge in [-0.25, -0.2) is 0 Å². The zero-order chi connectivity index (χ0) is 16.7. The van der Waals surface area contributed by atoms with Gasteiger partial charge in [0.2, 0.25) is 0 Å². The summed E-state index contributed by atoms with van der Waals surface area (Å²) in [6, 6.07) is 19.2. The molecule has 2 atom stereocenters. The number of hydrogen-bond acceptors (Lipinski definition) is 2. The Morgan fingerprint density at radius 1 is 0.826 bits per heavy atom. The first-order chi connectivity index (χ1) is 11.1. The Labute approximate surface area is 136 Å². The van der Waals surface area contributed by atoms with Crippen molar-refractivity contribution in [2.45, 2.75) is 25.8 Å². The Morgan fingerprint density at radius 2 is 1.35 bits per heavy atom. The van der Waals surface area contributed by atoms with Gasteiger partial charge in [-0.05, 0) is 24.0 Å². The SMILES string of the molecule is C[C@H](CNC(=O)C(=O)N[C@@H](C)c1ccccc1)c1ccccc1. The lowest BCUT2D eigenvalue weighted by Crippen LogP contribution is -2.42. The van der Waals surface area contributed by atoms with Crippen molar-refractivity contribution in [2.75, 3.05) is 6.54 Å². The lowest BCUT2D eigenvalue weighted by molar-refractivity contribution is -0.139. The number of nitrogens with one attached hydrogen (secondary N) is 2. The molecular weight excluding hydrogens is 288 g/mol. The molecule has 0 fully saturated rings. The van der Waals surface area contributed by atoms with E-state index in [4.69, 9.17) is 0 Å². The second kappa shape index (κ2) is 8.13. The molecule has 0 saturated carbocycles. The van der Waals surface area contributed by atoms with Gasteiger partial charge < -0.3 is 10.6 Å². The number of carbonyl (C=O) groups is 2. The first kappa shape index (κ1) is 16.7. The van der Waals surface area contributed by atoms with Crippen LogP contribution in [0.15, 0.2) is 60.7 Å². The van der Waals surface area contributed by atoms with Crippen LogP contribution in [0.3, 0.4) is 0 Å². The molecule has 120 valence electrons. The van der Waals surface area contributed by atoms with Gasteiger partial charge in [0.1, 0.15) is 0 Å². The fourth-order valence-corrected chi connectivity index (χ4v) is 2.31. The molecule has 2 aromatic rings. The van der Waals surface area contributed by atoms with Crippen LogP contribution in [0.2, 0.25) is 0 Å². The molecule has 4 nitrogen and oxygen atoms in total. The fourth-order valence-electron chi connectivity index (χ4n) is 2.31. The molecule has 0 spiro atoms. The van der Waals surface area contributed by atoms with Gasteiger partial charge in [0.25, 0.3) is 0 Å². The molecule has 2 amide bonds. The molecule has 0 aliphatic carbocycles. The highest BCUT2D eigenvalue weighted by Gasteiger charge is 2.17. The van der Waals surface area contributed by atoms with Gasteiger partial charge in [-0.2, -0.15) is 0 Å². The fraction of sp³-hybridized carbons (Fsp3) is 0.263. The molecule has 0 bridgehead atoms. The quantitative estimate of drug-likeness (QED) is 0.834. The maximum absolute atomic E-state index is 12.0. The molecular formula is C19H22N2O2. The summed E-state index contributed by atoms with van der Waals surface area (Å²) in [4.78, 5) is 23.9. The molecule has 2 N–H and O–H groups in total. The van der Waals surface area contributed by atoms with Crippen molar-refractivity contribution in [1.82, 2.24) is 10.6 Å². The largest absolute Gasteiger partial charge is 0.347 e. The average molecular weight is 310 g/mol. The highest BCUT2D eigenvalue weighted by molar-refractivity contribution is 6.35. The highest BCUT2D eigenvalue weighted by atomic mass is 16.2. The first-order valence-electron chi connectivity index (χ1n) is 7.76. The minimum absolute atomic E-state index is 0.152. The Morgan fingerprint density at radius 3 is 1.91 bits per heavy atom. The van der Waals surface area contributed by atoms with Crippen molar-refractivity contribution in [3.05, 3.63) is 71.8 Å². The van der Waals surface area contributed by atoms with Gasteiger partial charge >= 0.3 is 11.8 Å². The smallest absolute Gasteiger partial charge is 0.309 e. The van der Waals surface area contributed by atoms with Crippen LogP contribution >= 0.6 is 0 Å². The van der Waals surface area contributed by atoms with E-state index in [0.29, 0.717) is 6.54 Å². The van der Waals surface area contributed by atoms with Gasteiger partial charge in [-0.3, -0.25) is 9.59 Å². The lowest BCUT2D eigenvalue weighted by Gasteiger charge is -2.15. The second-order valence-electron chi connectivity index (χ2n) is 5.63. The van der Waals surface area contributed by atoms with Crippen molar-refractivity contribution >= 4 is 11.8 Å². The van der Waals surface area contributed by atoms with Crippen LogP contribution in [-0.2, 0) is 9.59 Å². The molecule has 2 rings (SSSR count). The maximum Gasteiger partial charge on any atom is 0.309 e. The van der Waals surface area contributed by atoms with Crippen molar-refractivity contribution < 1.29 is 9.59 Å². The summed E-state index contributed by atoms with van der Waals surface area (Å²) in [5, 5.41) is 5.39. The molecule has 23 heavy (non-hydrogen) atoms. The van der Waals surface area contributed by atoms with Crippen molar-refractivity contribution in [2.24, 2.45) is 0 Å². The summed E-state index contributed by atoms with van der Waals surface area (Å²) in [7, 11) is 0. The van der Waals surface area contributed by atoms with Crippen molar-refractivity contribution in [1.29, 1.82) is 0 Å². The zero-order valence-electron chi connectivity index (χ0n) is 13.5. The maximum atomic E-state index is 12.0. The predicted molar refractivity (Wildman–Crippen MR) is 90.9 cm³/mol. The molecule has 0 heterocycles. The van der Waals surface area contributed by atoms with Crippen LogP contribution in [0.5, 0.6) is 0 Å². The minimum Gasteiger partial charge on any atom is -0.347 e. The molecule has 0 unspecified atom stereocenters. The predicted octanol–water partition coefficient (Wildman–Crippen LogP) is 2.78. The van der Waals surface area contributed by atoms with E-state index in [1.165, 1.54) is 0 Å². The summed E-state index contributed by atoms with van der Waals surface area (Å²) >= 11 is 0. The Kier molecular flexibility index (Phi) is 5.92. The number of carbonyl (C=O) groups excluding carboxylic acids is 2. The third-order valence-corrected chi connectivity index (χ3v) is 3.79. The summed E-state index contributed by atoms with van der Waals surface area (Å²) < 4.78 is 0. The molecule has 0 aromatic heterocycles. The van der Waals surface area contributed by atoms with E-state index >= 15 is 0 Å². The van der Waals surface area contributed by atoms with E-state index in [0.717, 1.165) is 11.1 Å². The summed E-state index contributed by atoms with van der Waals surface area (Å²) in [6.45, 7) is 4.29. The van der Waals surface area contributed by atoms with Crippen molar-refractivity contribution in [3.63, 3.8) is 0 Å². The zero-order valence-corrected chi connectivity index (χ0v) is 13.5. The van der Waals surface area contributed by atoms with Crippen molar-refractivity contribution in [3.8, 4) is 0 Å². The van der Waals surface area contributed by atoms with E-state index in [9.17, 15) is 9.59 Å². The van der Waals surface area contributed by atoms with E-state index in [1.807, 2.05) is 74.5 Å². The molecule has 0 saturated heterocycles. The van der Waals surface area contributed by atoms with E-state index < -0.39 is 11.8 Å². The normalized spacial score (nSPS) is 13.0. The number of rotatable bonds is 5. The standard InChI is InChI=1S/C19H22N2O2/c1-14(16-9-5-3-6-10-16)13-20-18(22)19(23)21-15(2)17-11-7-4-8-12-17/h3-12,14-15H,13H2,1-2H3,(H,20,22)(H,21,23)/t14-,15+/m1/s1. The van der Waals surface area contributed by atoms with Crippen LogP contribution in [0.1, 0.15) is 36.9 Å². The van der Waals surface area contributed by atoms with Crippen LogP contribution in [0.25, 0.3) is 0 Å². The van der Waals surface area contributed by atoms with Gasteiger partial charge in [0, 0.05) is 6.54 Å². The molecule has 4 heteroatoms. The number of amides is 2. The third kappa shape index (κ3) is 4.95. The van der Waals surface area contributed by atoms with Crippen LogP contribution in [0.4, 0.5) is 0 Å². The Hall–Kier alpha value is -2.62. The van der Waals surface area contributed by atoms with Crippen LogP contribution < -0.4 is 10.6 Å². The third-order valence-electron chi connectivity index (χ3n) is 3.79. The average Bonchev–Trinajstić information content (AvgIpc) is 2.60. The summed E-state index contributed by atoms with van der Waals surface area (Å²) in [6.07, 6.45) is 0. The van der Waals surface area contributed by atoms with Gasteiger partial charge in [0.15, 0.2) is 0 Å². The summed E-state index contributed by atoms with van der Waals surface area (Å²) in [5.74, 6) is -1.06. The first-order valence-corrected chi connectivity index (χ1v) is 7.76. The Balaban J connectivity index is 1.82. The molecule has 0 aliphatic heterocycles. The minimum atomic E-state index is -0.610. The molecule has 2 aromatic carbocycles. The van der Waals surface area contributed by atoms with Gasteiger partial charge in [0.05, 0.1) is 6.04 Å².